The second-order valence-electron chi connectivity index (χ2n) is 7.38. The van der Waals surface area contributed by atoms with Gasteiger partial charge in [-0.2, -0.15) is 0 Å². The highest BCUT2D eigenvalue weighted by molar-refractivity contribution is 5.92. The SMILES string of the molecule is OCc1cc2cnc(Nc3ccc(N4CCNCC4)cn3)nc2c(-c2ccccc2)n1. The van der Waals surface area contributed by atoms with Gasteiger partial charge < -0.3 is 20.6 Å². The third-order valence-corrected chi connectivity index (χ3v) is 5.30. The van der Waals surface area contributed by atoms with Crippen LogP contribution in [-0.2, 0) is 6.61 Å². The number of anilines is 3. The number of benzene rings is 1. The van der Waals surface area contributed by atoms with Crippen LogP contribution in [0.2, 0.25) is 0 Å². The summed E-state index contributed by atoms with van der Waals surface area (Å²) in [6, 6.07) is 15.6. The summed E-state index contributed by atoms with van der Waals surface area (Å²) in [6.45, 7) is 3.79. The number of pyridine rings is 2. The molecule has 4 heterocycles. The predicted octanol–water partition coefficient (Wildman–Crippen LogP) is 2.73. The van der Waals surface area contributed by atoms with Gasteiger partial charge in [-0.1, -0.05) is 30.3 Å². The number of hydrogen-bond acceptors (Lipinski definition) is 8. The molecule has 5 rings (SSSR count). The number of nitrogens with zero attached hydrogens (tertiary/aromatic N) is 5. The molecular formula is C23H23N7O. The highest BCUT2D eigenvalue weighted by Gasteiger charge is 2.13. The summed E-state index contributed by atoms with van der Waals surface area (Å²) in [4.78, 5) is 20.6. The van der Waals surface area contributed by atoms with Gasteiger partial charge in [-0.25, -0.2) is 19.9 Å². The number of aromatic nitrogens is 4. The van der Waals surface area contributed by atoms with Gasteiger partial charge in [0.25, 0.3) is 0 Å². The van der Waals surface area contributed by atoms with Crippen LogP contribution in [0, 0.1) is 0 Å². The fourth-order valence-electron chi connectivity index (χ4n) is 3.72. The Kier molecular flexibility index (Phi) is 5.39. The number of hydrogen-bond donors (Lipinski definition) is 3. The first-order valence-electron chi connectivity index (χ1n) is 10.3. The predicted molar refractivity (Wildman–Crippen MR) is 121 cm³/mol. The van der Waals surface area contributed by atoms with Gasteiger partial charge in [0.05, 0.1) is 29.9 Å². The van der Waals surface area contributed by atoms with Crippen molar-refractivity contribution in [2.24, 2.45) is 0 Å². The number of aliphatic hydroxyl groups excluding tert-OH is 1. The Bertz CT molecular complexity index is 1180. The second-order valence-corrected chi connectivity index (χ2v) is 7.38. The van der Waals surface area contributed by atoms with Crippen molar-refractivity contribution in [1.29, 1.82) is 0 Å². The van der Waals surface area contributed by atoms with Crippen molar-refractivity contribution in [3.8, 4) is 11.3 Å². The average molecular weight is 413 g/mol. The Balaban J connectivity index is 1.45. The van der Waals surface area contributed by atoms with E-state index >= 15 is 0 Å². The normalized spacial score (nSPS) is 14.0. The molecule has 1 aliphatic rings. The van der Waals surface area contributed by atoms with E-state index in [0.29, 0.717) is 17.5 Å². The maximum Gasteiger partial charge on any atom is 0.228 e. The van der Waals surface area contributed by atoms with E-state index in [2.05, 4.69) is 36.6 Å². The Labute approximate surface area is 180 Å². The van der Waals surface area contributed by atoms with Gasteiger partial charge in [-0.15, -0.1) is 0 Å². The van der Waals surface area contributed by atoms with E-state index in [-0.39, 0.29) is 6.61 Å². The molecule has 3 N–H and O–H groups in total. The lowest BCUT2D eigenvalue weighted by atomic mass is 10.1. The molecule has 0 spiro atoms. The highest BCUT2D eigenvalue weighted by atomic mass is 16.3. The quantitative estimate of drug-likeness (QED) is 0.459. The van der Waals surface area contributed by atoms with Crippen LogP contribution < -0.4 is 15.5 Å². The van der Waals surface area contributed by atoms with Gasteiger partial charge >= 0.3 is 0 Å². The van der Waals surface area contributed by atoms with Crippen LogP contribution in [-0.4, -0.2) is 51.2 Å². The number of piperazine rings is 1. The van der Waals surface area contributed by atoms with Gasteiger partial charge in [0.2, 0.25) is 5.95 Å². The summed E-state index contributed by atoms with van der Waals surface area (Å²) < 4.78 is 0. The van der Waals surface area contributed by atoms with E-state index in [1.54, 1.807) is 6.20 Å². The number of fused-ring (bicyclic) bond motifs is 1. The maximum absolute atomic E-state index is 9.60. The number of aliphatic hydroxyl groups is 1. The number of nitrogens with one attached hydrogen (secondary N) is 2. The molecule has 0 radical (unpaired) electrons. The van der Waals surface area contributed by atoms with Crippen LogP contribution in [0.3, 0.4) is 0 Å². The molecule has 0 amide bonds. The minimum Gasteiger partial charge on any atom is -0.390 e. The van der Waals surface area contributed by atoms with Gasteiger partial charge in [0, 0.05) is 43.3 Å². The molecule has 31 heavy (non-hydrogen) atoms. The van der Waals surface area contributed by atoms with Gasteiger partial charge in [-0.05, 0) is 18.2 Å². The van der Waals surface area contributed by atoms with Crippen molar-refractivity contribution in [3.05, 3.63) is 66.6 Å². The molecule has 1 aromatic carbocycles. The maximum atomic E-state index is 9.60. The van der Waals surface area contributed by atoms with E-state index in [9.17, 15) is 5.11 Å². The molecule has 3 aromatic heterocycles. The van der Waals surface area contributed by atoms with Gasteiger partial charge in [0.1, 0.15) is 11.3 Å². The van der Waals surface area contributed by atoms with Crippen molar-refractivity contribution in [2.75, 3.05) is 36.4 Å². The molecule has 0 saturated carbocycles. The van der Waals surface area contributed by atoms with Crippen molar-refractivity contribution in [2.45, 2.75) is 6.61 Å². The lowest BCUT2D eigenvalue weighted by Crippen LogP contribution is -2.43. The molecule has 1 aliphatic heterocycles. The Morgan fingerprint density at radius 1 is 0.968 bits per heavy atom. The molecule has 4 aromatic rings. The summed E-state index contributed by atoms with van der Waals surface area (Å²) in [5, 5.41) is 17.0. The molecule has 0 bridgehead atoms. The lowest BCUT2D eigenvalue weighted by molar-refractivity contribution is 0.277. The second kappa shape index (κ2) is 8.63. The van der Waals surface area contributed by atoms with E-state index in [1.807, 2.05) is 48.7 Å². The molecular weight excluding hydrogens is 390 g/mol. The third kappa shape index (κ3) is 4.16. The van der Waals surface area contributed by atoms with Crippen molar-refractivity contribution in [3.63, 3.8) is 0 Å². The molecule has 156 valence electrons. The summed E-state index contributed by atoms with van der Waals surface area (Å²) in [5.74, 6) is 1.13. The molecule has 8 nitrogen and oxygen atoms in total. The molecule has 1 saturated heterocycles. The fraction of sp³-hybridized carbons (Fsp3) is 0.217. The largest absolute Gasteiger partial charge is 0.390 e. The van der Waals surface area contributed by atoms with E-state index < -0.39 is 0 Å². The molecule has 0 atom stereocenters. The highest BCUT2D eigenvalue weighted by Crippen LogP contribution is 2.27. The summed E-state index contributed by atoms with van der Waals surface area (Å²) >= 11 is 0. The standard InChI is InChI=1S/C23H23N7O/c31-15-18-12-17-13-26-23(29-22(17)21(27-18)16-4-2-1-3-5-16)28-20-7-6-19(14-25-20)30-10-8-24-9-11-30/h1-7,12-14,24,31H,8-11,15H2,(H,25,26,28,29). The zero-order chi connectivity index (χ0) is 21.0. The molecule has 0 unspecified atom stereocenters. The monoisotopic (exact) mass is 413 g/mol. The van der Waals surface area contributed by atoms with Crippen molar-refractivity contribution in [1.82, 2.24) is 25.3 Å². The first-order chi connectivity index (χ1) is 15.3. The minimum atomic E-state index is -0.140. The Hall–Kier alpha value is -3.62. The summed E-state index contributed by atoms with van der Waals surface area (Å²) in [6.07, 6.45) is 3.62. The fourth-order valence-corrected chi connectivity index (χ4v) is 3.72. The van der Waals surface area contributed by atoms with E-state index in [4.69, 9.17) is 4.98 Å². The van der Waals surface area contributed by atoms with Crippen LogP contribution in [0.25, 0.3) is 22.2 Å². The van der Waals surface area contributed by atoms with Crippen LogP contribution in [0.15, 0.2) is 60.9 Å². The Morgan fingerprint density at radius 2 is 1.81 bits per heavy atom. The molecule has 1 fully saturated rings. The van der Waals surface area contributed by atoms with Crippen LogP contribution in [0.4, 0.5) is 17.5 Å². The molecule has 0 aliphatic carbocycles. The van der Waals surface area contributed by atoms with Gasteiger partial charge in [0.15, 0.2) is 0 Å². The first kappa shape index (κ1) is 19.3. The smallest absolute Gasteiger partial charge is 0.228 e. The minimum absolute atomic E-state index is 0.140. The average Bonchev–Trinajstić information content (AvgIpc) is 2.85. The lowest BCUT2D eigenvalue weighted by Gasteiger charge is -2.29. The topological polar surface area (TPSA) is 99.1 Å². The van der Waals surface area contributed by atoms with Crippen LogP contribution in [0.5, 0.6) is 0 Å². The van der Waals surface area contributed by atoms with Gasteiger partial charge in [-0.3, -0.25) is 0 Å². The van der Waals surface area contributed by atoms with Crippen molar-refractivity contribution < 1.29 is 5.11 Å². The van der Waals surface area contributed by atoms with Crippen molar-refractivity contribution >= 4 is 28.4 Å². The summed E-state index contributed by atoms with van der Waals surface area (Å²) in [5.41, 5.74) is 4.07. The van der Waals surface area contributed by atoms with E-state index in [0.717, 1.165) is 54.0 Å². The molecule has 8 heteroatoms. The zero-order valence-electron chi connectivity index (χ0n) is 17.0. The first-order valence-corrected chi connectivity index (χ1v) is 10.3. The van der Waals surface area contributed by atoms with Crippen LogP contribution >= 0.6 is 0 Å². The van der Waals surface area contributed by atoms with Crippen LogP contribution in [0.1, 0.15) is 5.69 Å². The Morgan fingerprint density at radius 3 is 2.55 bits per heavy atom. The number of rotatable bonds is 5. The summed E-state index contributed by atoms with van der Waals surface area (Å²) in [7, 11) is 0. The van der Waals surface area contributed by atoms with E-state index in [1.165, 1.54) is 0 Å². The zero-order valence-corrected chi connectivity index (χ0v) is 17.0. The third-order valence-electron chi connectivity index (χ3n) is 5.30.